The van der Waals surface area contributed by atoms with Crippen molar-refractivity contribution < 1.29 is 29.4 Å². The minimum absolute atomic E-state index is 0.0103. The van der Waals surface area contributed by atoms with Crippen LogP contribution in [0.2, 0.25) is 0 Å². The van der Waals surface area contributed by atoms with Crippen LogP contribution in [-0.4, -0.2) is 58.1 Å². The standard InChI is InChI=1S/C27H36N4O6/c1-4-16(2)23(26(35)30-22(27(36)37)15-19-10-12-20(32)13-11-19)31-25(34)21(29-24(33)17(3)28)14-18-8-6-5-7-9-18/h5-13,16-17,21-23,32H,4,14-15,28H2,1-3H3,(H,29,33)(H,30,35)(H,31,34)(H,36,37). The molecule has 10 heteroatoms. The van der Waals surface area contributed by atoms with Gasteiger partial charge in [-0.3, -0.25) is 14.4 Å². The summed E-state index contributed by atoms with van der Waals surface area (Å²) in [5, 5.41) is 27.0. The van der Waals surface area contributed by atoms with Crippen LogP contribution in [0.25, 0.3) is 0 Å². The van der Waals surface area contributed by atoms with E-state index in [4.69, 9.17) is 5.73 Å². The fraction of sp³-hybridized carbons (Fsp3) is 0.407. The SMILES string of the molecule is CCC(C)C(NC(=O)C(Cc1ccccc1)NC(=O)C(C)N)C(=O)NC(Cc1ccc(O)cc1)C(=O)O. The number of carbonyl (C=O) groups excluding carboxylic acids is 3. The Balaban J connectivity index is 2.21. The summed E-state index contributed by atoms with van der Waals surface area (Å²) in [5.41, 5.74) is 7.08. The zero-order chi connectivity index (χ0) is 27.5. The molecule has 0 heterocycles. The Hall–Kier alpha value is -3.92. The van der Waals surface area contributed by atoms with E-state index < -0.39 is 47.9 Å². The van der Waals surface area contributed by atoms with Gasteiger partial charge in [0.15, 0.2) is 0 Å². The molecule has 0 aliphatic carbocycles. The summed E-state index contributed by atoms with van der Waals surface area (Å²) in [7, 11) is 0. The number of hydrogen-bond acceptors (Lipinski definition) is 6. The Bertz CT molecular complexity index is 1060. The number of rotatable bonds is 13. The molecule has 7 N–H and O–H groups in total. The highest BCUT2D eigenvalue weighted by Crippen LogP contribution is 2.14. The molecular weight excluding hydrogens is 476 g/mol. The molecule has 2 aromatic rings. The Kier molecular flexibility index (Phi) is 11.1. The second kappa shape index (κ2) is 14.0. The van der Waals surface area contributed by atoms with Crippen LogP contribution in [-0.2, 0) is 32.0 Å². The number of aromatic hydroxyl groups is 1. The number of phenolic OH excluding ortho intramolecular Hbond substituents is 1. The molecule has 5 atom stereocenters. The highest BCUT2D eigenvalue weighted by atomic mass is 16.4. The van der Waals surface area contributed by atoms with Crippen molar-refractivity contribution in [2.75, 3.05) is 0 Å². The minimum atomic E-state index is -1.25. The van der Waals surface area contributed by atoms with Crippen molar-refractivity contribution in [3.63, 3.8) is 0 Å². The van der Waals surface area contributed by atoms with Crippen molar-refractivity contribution in [3.05, 3.63) is 65.7 Å². The van der Waals surface area contributed by atoms with Crippen LogP contribution >= 0.6 is 0 Å². The summed E-state index contributed by atoms with van der Waals surface area (Å²) in [5.74, 6) is -3.26. The summed E-state index contributed by atoms with van der Waals surface area (Å²) in [6.07, 6.45) is 0.700. The predicted molar refractivity (Wildman–Crippen MR) is 138 cm³/mol. The molecular formula is C27H36N4O6. The number of phenols is 1. The quantitative estimate of drug-likeness (QED) is 0.233. The van der Waals surface area contributed by atoms with Crippen LogP contribution in [0.5, 0.6) is 5.75 Å². The zero-order valence-corrected chi connectivity index (χ0v) is 21.3. The maximum atomic E-state index is 13.3. The number of benzene rings is 2. The number of nitrogens with two attached hydrogens (primary N) is 1. The van der Waals surface area contributed by atoms with Gasteiger partial charge >= 0.3 is 5.97 Å². The number of nitrogens with one attached hydrogen (secondary N) is 3. The number of amides is 3. The van der Waals surface area contributed by atoms with Gasteiger partial charge in [0.25, 0.3) is 0 Å². The molecule has 0 saturated heterocycles. The summed E-state index contributed by atoms with van der Waals surface area (Å²) >= 11 is 0. The molecule has 0 bridgehead atoms. The second-order valence-corrected chi connectivity index (χ2v) is 9.18. The third-order valence-corrected chi connectivity index (χ3v) is 6.11. The predicted octanol–water partition coefficient (Wildman–Crippen LogP) is 1.11. The number of carboxylic acids is 1. The number of carbonyl (C=O) groups is 4. The molecule has 2 rings (SSSR count). The van der Waals surface area contributed by atoms with Crippen LogP contribution < -0.4 is 21.7 Å². The van der Waals surface area contributed by atoms with Crippen molar-refractivity contribution in [3.8, 4) is 5.75 Å². The summed E-state index contributed by atoms with van der Waals surface area (Å²) < 4.78 is 0. The molecule has 0 radical (unpaired) electrons. The molecule has 0 aliphatic rings. The summed E-state index contributed by atoms with van der Waals surface area (Å²) in [4.78, 5) is 50.7. The van der Waals surface area contributed by atoms with Gasteiger partial charge in [0, 0.05) is 12.8 Å². The first-order valence-corrected chi connectivity index (χ1v) is 12.2. The lowest BCUT2D eigenvalue weighted by Crippen LogP contribution is -2.59. The molecule has 0 aliphatic heterocycles. The van der Waals surface area contributed by atoms with Gasteiger partial charge in [-0.2, -0.15) is 0 Å². The monoisotopic (exact) mass is 512 g/mol. The lowest BCUT2D eigenvalue weighted by Gasteiger charge is -2.28. The average Bonchev–Trinajstić information content (AvgIpc) is 2.87. The molecule has 0 saturated carbocycles. The van der Waals surface area contributed by atoms with E-state index in [0.717, 1.165) is 5.56 Å². The molecule has 0 spiro atoms. The van der Waals surface area contributed by atoms with Crippen LogP contribution in [0, 0.1) is 5.92 Å². The molecule has 3 amide bonds. The molecule has 5 unspecified atom stereocenters. The van der Waals surface area contributed by atoms with Crippen LogP contribution in [0.15, 0.2) is 54.6 Å². The van der Waals surface area contributed by atoms with Crippen molar-refractivity contribution >= 4 is 23.7 Å². The van der Waals surface area contributed by atoms with Gasteiger partial charge in [0.2, 0.25) is 17.7 Å². The highest BCUT2D eigenvalue weighted by molar-refractivity contribution is 5.94. The van der Waals surface area contributed by atoms with E-state index in [1.54, 1.807) is 19.1 Å². The largest absolute Gasteiger partial charge is 0.508 e. The van der Waals surface area contributed by atoms with Crippen molar-refractivity contribution in [2.45, 2.75) is 64.2 Å². The van der Waals surface area contributed by atoms with Crippen molar-refractivity contribution in [1.82, 2.24) is 16.0 Å². The number of carboxylic acid groups (broad SMARTS) is 1. The van der Waals surface area contributed by atoms with Crippen LogP contribution in [0.4, 0.5) is 0 Å². The van der Waals surface area contributed by atoms with Crippen molar-refractivity contribution in [2.24, 2.45) is 11.7 Å². The average molecular weight is 513 g/mol. The third-order valence-electron chi connectivity index (χ3n) is 6.11. The zero-order valence-electron chi connectivity index (χ0n) is 21.3. The maximum absolute atomic E-state index is 13.3. The fourth-order valence-electron chi connectivity index (χ4n) is 3.65. The van der Waals surface area contributed by atoms with E-state index in [-0.39, 0.29) is 24.5 Å². The Morgan fingerprint density at radius 3 is 1.86 bits per heavy atom. The van der Waals surface area contributed by atoms with E-state index >= 15 is 0 Å². The summed E-state index contributed by atoms with van der Waals surface area (Å²) in [6.45, 7) is 5.12. The molecule has 37 heavy (non-hydrogen) atoms. The first-order valence-electron chi connectivity index (χ1n) is 12.2. The first kappa shape index (κ1) is 29.3. The number of aliphatic carboxylic acids is 1. The van der Waals surface area contributed by atoms with Gasteiger partial charge in [-0.25, -0.2) is 4.79 Å². The van der Waals surface area contributed by atoms with Gasteiger partial charge < -0.3 is 31.9 Å². The molecule has 0 fully saturated rings. The molecule has 0 aromatic heterocycles. The van der Waals surface area contributed by atoms with E-state index in [1.807, 2.05) is 37.3 Å². The lowest BCUT2D eigenvalue weighted by molar-refractivity contribution is -0.142. The van der Waals surface area contributed by atoms with E-state index in [9.17, 15) is 29.4 Å². The molecule has 10 nitrogen and oxygen atoms in total. The molecule has 2 aromatic carbocycles. The Labute approximate surface area is 216 Å². The van der Waals surface area contributed by atoms with E-state index in [2.05, 4.69) is 16.0 Å². The van der Waals surface area contributed by atoms with E-state index in [0.29, 0.717) is 12.0 Å². The van der Waals surface area contributed by atoms with Gasteiger partial charge in [-0.05, 0) is 36.1 Å². The van der Waals surface area contributed by atoms with Crippen molar-refractivity contribution in [1.29, 1.82) is 0 Å². The van der Waals surface area contributed by atoms with Gasteiger partial charge in [0.1, 0.15) is 23.9 Å². The normalized spacial score (nSPS) is 14.9. The second-order valence-electron chi connectivity index (χ2n) is 9.18. The Morgan fingerprint density at radius 2 is 1.32 bits per heavy atom. The minimum Gasteiger partial charge on any atom is -0.508 e. The highest BCUT2D eigenvalue weighted by Gasteiger charge is 2.32. The fourth-order valence-corrected chi connectivity index (χ4v) is 3.65. The number of hydrogen-bond donors (Lipinski definition) is 6. The maximum Gasteiger partial charge on any atom is 0.326 e. The smallest absolute Gasteiger partial charge is 0.326 e. The van der Waals surface area contributed by atoms with Gasteiger partial charge in [-0.1, -0.05) is 62.7 Å². The van der Waals surface area contributed by atoms with E-state index in [1.165, 1.54) is 19.1 Å². The first-order chi connectivity index (χ1) is 17.5. The topological polar surface area (TPSA) is 171 Å². The van der Waals surface area contributed by atoms with Gasteiger partial charge in [-0.15, -0.1) is 0 Å². The van der Waals surface area contributed by atoms with Gasteiger partial charge in [0.05, 0.1) is 6.04 Å². The van der Waals surface area contributed by atoms with Crippen LogP contribution in [0.3, 0.4) is 0 Å². The Morgan fingerprint density at radius 1 is 0.784 bits per heavy atom. The third kappa shape index (κ3) is 9.23. The summed E-state index contributed by atoms with van der Waals surface area (Å²) in [6, 6.07) is 11.0. The van der Waals surface area contributed by atoms with Crippen LogP contribution in [0.1, 0.15) is 38.3 Å². The lowest BCUT2D eigenvalue weighted by atomic mass is 9.96. The molecule has 200 valence electrons.